The van der Waals surface area contributed by atoms with Gasteiger partial charge in [-0.15, -0.1) is 0 Å². The van der Waals surface area contributed by atoms with Crippen LogP contribution in [0.3, 0.4) is 0 Å². The van der Waals surface area contributed by atoms with Gasteiger partial charge in [-0.25, -0.2) is 0 Å². The number of hydrogen-bond acceptors (Lipinski definition) is 3. The summed E-state index contributed by atoms with van der Waals surface area (Å²) in [4.78, 5) is 21.9. The van der Waals surface area contributed by atoms with E-state index in [9.17, 15) is 9.59 Å². The van der Waals surface area contributed by atoms with Gasteiger partial charge >= 0.3 is 5.97 Å². The highest BCUT2D eigenvalue weighted by Crippen LogP contribution is 2.02. The van der Waals surface area contributed by atoms with Crippen molar-refractivity contribution in [1.82, 2.24) is 0 Å². The van der Waals surface area contributed by atoms with Crippen LogP contribution in [-0.2, 0) is 14.3 Å². The van der Waals surface area contributed by atoms with Crippen LogP contribution in [0.2, 0.25) is 0 Å². The number of ketones is 1. The van der Waals surface area contributed by atoms with Crippen LogP contribution in [-0.4, -0.2) is 18.4 Å². The zero-order valence-electron chi connectivity index (χ0n) is 8.47. The van der Waals surface area contributed by atoms with Crippen molar-refractivity contribution in [2.24, 2.45) is 0 Å². The lowest BCUT2D eigenvalue weighted by Gasteiger charge is -2.00. The number of ether oxygens (including phenoxy) is 1. The lowest BCUT2D eigenvalue weighted by Crippen LogP contribution is -2.05. The van der Waals surface area contributed by atoms with Crippen molar-refractivity contribution in [3.63, 3.8) is 0 Å². The Hall–Kier alpha value is -0.860. The van der Waals surface area contributed by atoms with Crippen molar-refractivity contribution in [2.75, 3.05) is 6.61 Å². The van der Waals surface area contributed by atoms with Crippen LogP contribution in [0, 0.1) is 0 Å². The Bertz CT molecular complexity index is 146. The maximum absolute atomic E-state index is 11.0. The Morgan fingerprint density at radius 2 is 1.77 bits per heavy atom. The Morgan fingerprint density at radius 1 is 1.08 bits per heavy atom. The molecule has 0 aliphatic rings. The lowest BCUT2D eigenvalue weighted by molar-refractivity contribution is -0.143. The van der Waals surface area contributed by atoms with Gasteiger partial charge in [0.25, 0.3) is 0 Å². The molecule has 0 aromatic rings. The van der Waals surface area contributed by atoms with Gasteiger partial charge in [0.05, 0.1) is 6.61 Å². The van der Waals surface area contributed by atoms with Crippen molar-refractivity contribution in [3.8, 4) is 0 Å². The molecule has 0 aliphatic heterocycles. The zero-order valence-corrected chi connectivity index (χ0v) is 8.47. The minimum absolute atomic E-state index is 0.202. The largest absolute Gasteiger partial charge is 0.466 e. The first kappa shape index (κ1) is 12.1. The number of rotatable bonds is 7. The Morgan fingerprint density at radius 3 is 2.31 bits per heavy atom. The normalized spacial score (nSPS) is 9.69. The summed E-state index contributed by atoms with van der Waals surface area (Å²) in [6, 6.07) is 0. The van der Waals surface area contributed by atoms with Gasteiger partial charge in [-0.2, -0.15) is 0 Å². The number of carbonyl (C=O) groups excluding carboxylic acids is 2. The van der Waals surface area contributed by atoms with Crippen molar-refractivity contribution in [1.29, 1.82) is 0 Å². The van der Waals surface area contributed by atoms with E-state index in [1.54, 1.807) is 6.92 Å². The molecular weight excluding hydrogens is 168 g/mol. The molecule has 0 spiro atoms. The molecule has 0 aromatic heterocycles. The summed E-state index contributed by atoms with van der Waals surface area (Å²) < 4.78 is 4.73. The molecule has 0 heterocycles. The molecule has 0 N–H and O–H groups in total. The molecule has 0 amide bonds. The molecule has 0 aromatic carbocycles. The van der Waals surface area contributed by atoms with E-state index >= 15 is 0 Å². The molecule has 0 radical (unpaired) electrons. The molecule has 3 heteroatoms. The predicted octanol–water partition coefficient (Wildman–Crippen LogP) is 2.09. The van der Waals surface area contributed by atoms with Crippen LogP contribution in [0.25, 0.3) is 0 Å². The fourth-order valence-electron chi connectivity index (χ4n) is 1.07. The van der Waals surface area contributed by atoms with Gasteiger partial charge in [0.2, 0.25) is 0 Å². The number of hydrogen-bond donors (Lipinski definition) is 0. The Balaban J connectivity index is 3.33. The number of esters is 1. The summed E-state index contributed by atoms with van der Waals surface area (Å²) in [7, 11) is 0. The van der Waals surface area contributed by atoms with E-state index in [1.807, 2.05) is 6.92 Å². The second kappa shape index (κ2) is 7.77. The van der Waals surface area contributed by atoms with Gasteiger partial charge in [0.1, 0.15) is 5.78 Å². The minimum atomic E-state index is -0.202. The van der Waals surface area contributed by atoms with Crippen molar-refractivity contribution in [3.05, 3.63) is 0 Å². The quantitative estimate of drug-likeness (QED) is 0.572. The smallest absolute Gasteiger partial charge is 0.305 e. The minimum Gasteiger partial charge on any atom is -0.466 e. The molecule has 0 saturated heterocycles. The fourth-order valence-corrected chi connectivity index (χ4v) is 1.07. The third-order valence-electron chi connectivity index (χ3n) is 1.67. The van der Waals surface area contributed by atoms with Gasteiger partial charge < -0.3 is 4.74 Å². The van der Waals surface area contributed by atoms with E-state index in [2.05, 4.69) is 0 Å². The highest BCUT2D eigenvalue weighted by molar-refractivity contribution is 5.79. The maximum Gasteiger partial charge on any atom is 0.305 e. The van der Waals surface area contributed by atoms with E-state index < -0.39 is 0 Å². The highest BCUT2D eigenvalue weighted by atomic mass is 16.5. The topological polar surface area (TPSA) is 43.4 Å². The summed E-state index contributed by atoms with van der Waals surface area (Å²) in [6.45, 7) is 4.17. The van der Waals surface area contributed by atoms with Gasteiger partial charge in [-0.05, 0) is 19.8 Å². The second-order valence-corrected chi connectivity index (χ2v) is 2.95. The van der Waals surface area contributed by atoms with E-state index in [0.717, 1.165) is 6.42 Å². The van der Waals surface area contributed by atoms with Crippen LogP contribution in [0.15, 0.2) is 0 Å². The molecule has 0 fully saturated rings. The molecule has 0 saturated carbocycles. The van der Waals surface area contributed by atoms with Gasteiger partial charge in [0.15, 0.2) is 0 Å². The van der Waals surface area contributed by atoms with Crippen molar-refractivity contribution >= 4 is 11.8 Å². The fraction of sp³-hybridized carbons (Fsp3) is 0.800. The van der Waals surface area contributed by atoms with Crippen LogP contribution < -0.4 is 0 Å². The average Bonchev–Trinajstić information content (AvgIpc) is 2.05. The average molecular weight is 186 g/mol. The van der Waals surface area contributed by atoms with Gasteiger partial charge in [-0.3, -0.25) is 9.59 Å². The zero-order chi connectivity index (χ0) is 10.1. The SMILES string of the molecule is CCCC(=O)CCCC(=O)OCC. The Labute approximate surface area is 79.5 Å². The first-order valence-corrected chi connectivity index (χ1v) is 4.88. The van der Waals surface area contributed by atoms with E-state index in [4.69, 9.17) is 4.74 Å². The summed E-state index contributed by atoms with van der Waals surface area (Å²) in [6.07, 6.45) is 3.01. The molecule has 13 heavy (non-hydrogen) atoms. The van der Waals surface area contributed by atoms with Crippen LogP contribution in [0.1, 0.15) is 46.0 Å². The third kappa shape index (κ3) is 7.50. The lowest BCUT2D eigenvalue weighted by atomic mass is 10.1. The predicted molar refractivity (Wildman–Crippen MR) is 50.4 cm³/mol. The number of Topliss-reactive ketones (excluding diaryl/α,β-unsaturated/α-hetero) is 1. The number of carbonyl (C=O) groups is 2. The summed E-state index contributed by atoms with van der Waals surface area (Å²) >= 11 is 0. The summed E-state index contributed by atoms with van der Waals surface area (Å²) in [5.41, 5.74) is 0. The molecule has 76 valence electrons. The molecule has 0 unspecified atom stereocenters. The molecule has 0 aliphatic carbocycles. The monoisotopic (exact) mass is 186 g/mol. The molecule has 0 atom stereocenters. The Kier molecular flexibility index (Phi) is 7.26. The standard InChI is InChI=1S/C10H18O3/c1-3-6-9(11)7-5-8-10(12)13-4-2/h3-8H2,1-2H3. The molecule has 3 nitrogen and oxygen atoms in total. The first-order valence-electron chi connectivity index (χ1n) is 4.88. The van der Waals surface area contributed by atoms with Crippen LogP contribution in [0.5, 0.6) is 0 Å². The van der Waals surface area contributed by atoms with E-state index in [1.165, 1.54) is 0 Å². The second-order valence-electron chi connectivity index (χ2n) is 2.95. The van der Waals surface area contributed by atoms with E-state index in [0.29, 0.717) is 32.3 Å². The molecular formula is C10H18O3. The van der Waals surface area contributed by atoms with Crippen LogP contribution in [0.4, 0.5) is 0 Å². The van der Waals surface area contributed by atoms with Crippen LogP contribution >= 0.6 is 0 Å². The van der Waals surface area contributed by atoms with Crippen molar-refractivity contribution in [2.45, 2.75) is 46.0 Å². The molecule has 0 bridgehead atoms. The maximum atomic E-state index is 11.0. The molecule has 0 rings (SSSR count). The van der Waals surface area contributed by atoms with Gasteiger partial charge in [0, 0.05) is 19.3 Å². The third-order valence-corrected chi connectivity index (χ3v) is 1.67. The summed E-state index contributed by atoms with van der Waals surface area (Å²) in [5.74, 6) is 0.0404. The van der Waals surface area contributed by atoms with Gasteiger partial charge in [-0.1, -0.05) is 6.92 Å². The van der Waals surface area contributed by atoms with Crippen molar-refractivity contribution < 1.29 is 14.3 Å². The summed E-state index contributed by atoms with van der Waals surface area (Å²) in [5, 5.41) is 0. The first-order chi connectivity index (χ1) is 6.20. The van der Waals surface area contributed by atoms with E-state index in [-0.39, 0.29) is 11.8 Å². The highest BCUT2D eigenvalue weighted by Gasteiger charge is 2.04.